The van der Waals surface area contributed by atoms with Gasteiger partial charge in [-0.05, 0) is 31.2 Å². The summed E-state index contributed by atoms with van der Waals surface area (Å²) in [4.78, 5) is 23.5. The maximum Gasteiger partial charge on any atom is 0.234 e. The standard InChI is InChI=1S/C17H16F2N2O2S/c1-11-2-4-14(5-3-11)20-16(22)9-24-10-17(23)21-15-7-12(18)6-13(19)8-15/h2-8H,9-10H2,1H3,(H,20,22)(H,21,23). The Kier molecular flexibility index (Phi) is 6.31. The molecule has 2 aromatic carbocycles. The lowest BCUT2D eigenvalue weighted by atomic mass is 10.2. The van der Waals surface area contributed by atoms with Crippen LogP contribution in [-0.2, 0) is 9.59 Å². The van der Waals surface area contributed by atoms with Crippen LogP contribution in [0.2, 0.25) is 0 Å². The molecule has 0 fully saturated rings. The predicted octanol–water partition coefficient (Wildman–Crippen LogP) is 3.58. The number of amides is 2. The zero-order chi connectivity index (χ0) is 17.5. The maximum absolute atomic E-state index is 13.0. The number of carbonyl (C=O) groups excluding carboxylic acids is 2. The molecule has 0 saturated heterocycles. The van der Waals surface area contributed by atoms with Crippen molar-refractivity contribution in [1.29, 1.82) is 0 Å². The van der Waals surface area contributed by atoms with Crippen molar-refractivity contribution in [3.63, 3.8) is 0 Å². The van der Waals surface area contributed by atoms with Crippen molar-refractivity contribution in [2.24, 2.45) is 0 Å². The van der Waals surface area contributed by atoms with E-state index in [4.69, 9.17) is 0 Å². The summed E-state index contributed by atoms with van der Waals surface area (Å²) in [6.45, 7) is 1.95. The lowest BCUT2D eigenvalue weighted by Crippen LogP contribution is -2.18. The number of thioether (sulfide) groups is 1. The Morgan fingerprint density at radius 2 is 1.38 bits per heavy atom. The van der Waals surface area contributed by atoms with Gasteiger partial charge < -0.3 is 10.6 Å². The van der Waals surface area contributed by atoms with Gasteiger partial charge in [-0.2, -0.15) is 0 Å². The zero-order valence-electron chi connectivity index (χ0n) is 12.9. The highest BCUT2D eigenvalue weighted by Crippen LogP contribution is 2.14. The fraction of sp³-hybridized carbons (Fsp3) is 0.176. The number of carbonyl (C=O) groups is 2. The van der Waals surface area contributed by atoms with E-state index in [1.807, 2.05) is 19.1 Å². The van der Waals surface area contributed by atoms with E-state index in [1.165, 1.54) is 0 Å². The first-order chi connectivity index (χ1) is 11.4. The van der Waals surface area contributed by atoms with Crippen LogP contribution in [0.3, 0.4) is 0 Å². The molecule has 2 aromatic rings. The van der Waals surface area contributed by atoms with Gasteiger partial charge in [0.2, 0.25) is 11.8 Å². The summed E-state index contributed by atoms with van der Waals surface area (Å²) >= 11 is 1.11. The average molecular weight is 350 g/mol. The second-order valence-electron chi connectivity index (χ2n) is 5.11. The van der Waals surface area contributed by atoms with Crippen LogP contribution in [0, 0.1) is 18.6 Å². The second kappa shape index (κ2) is 8.44. The van der Waals surface area contributed by atoms with Crippen LogP contribution >= 0.6 is 11.8 Å². The Morgan fingerprint density at radius 3 is 1.92 bits per heavy atom. The van der Waals surface area contributed by atoms with E-state index in [2.05, 4.69) is 10.6 Å². The Hall–Kier alpha value is -2.41. The van der Waals surface area contributed by atoms with Gasteiger partial charge in [-0.15, -0.1) is 11.8 Å². The molecule has 0 aliphatic carbocycles. The highest BCUT2D eigenvalue weighted by molar-refractivity contribution is 8.00. The van der Waals surface area contributed by atoms with Gasteiger partial charge in [-0.1, -0.05) is 17.7 Å². The van der Waals surface area contributed by atoms with E-state index >= 15 is 0 Å². The third-order valence-corrected chi connectivity index (χ3v) is 3.88. The molecule has 0 aliphatic rings. The Morgan fingerprint density at radius 1 is 0.875 bits per heavy atom. The van der Waals surface area contributed by atoms with Gasteiger partial charge in [0.25, 0.3) is 0 Å². The van der Waals surface area contributed by atoms with E-state index in [9.17, 15) is 18.4 Å². The van der Waals surface area contributed by atoms with Crippen molar-refractivity contribution in [3.05, 3.63) is 59.7 Å². The molecule has 2 amide bonds. The number of aryl methyl sites for hydroxylation is 1. The predicted molar refractivity (Wildman–Crippen MR) is 92.1 cm³/mol. The smallest absolute Gasteiger partial charge is 0.234 e. The van der Waals surface area contributed by atoms with Gasteiger partial charge in [-0.3, -0.25) is 9.59 Å². The molecule has 126 valence electrons. The molecule has 2 rings (SSSR count). The quantitative estimate of drug-likeness (QED) is 0.837. The normalized spacial score (nSPS) is 10.3. The topological polar surface area (TPSA) is 58.2 Å². The van der Waals surface area contributed by atoms with E-state index in [0.717, 1.165) is 35.5 Å². The molecule has 0 spiro atoms. The lowest BCUT2D eigenvalue weighted by Gasteiger charge is -2.07. The number of hydrogen-bond donors (Lipinski definition) is 2. The monoisotopic (exact) mass is 350 g/mol. The fourth-order valence-corrected chi connectivity index (χ4v) is 2.51. The molecule has 4 nitrogen and oxygen atoms in total. The Balaban J connectivity index is 1.73. The van der Waals surface area contributed by atoms with Crippen molar-refractivity contribution >= 4 is 35.0 Å². The summed E-state index contributed by atoms with van der Waals surface area (Å²) in [5, 5.41) is 5.10. The van der Waals surface area contributed by atoms with Crippen LogP contribution < -0.4 is 10.6 Å². The molecular formula is C17H16F2N2O2S. The highest BCUT2D eigenvalue weighted by Gasteiger charge is 2.08. The molecule has 7 heteroatoms. The summed E-state index contributed by atoms with van der Waals surface area (Å²) in [5.74, 6) is -2.11. The van der Waals surface area contributed by atoms with Gasteiger partial charge in [-0.25, -0.2) is 8.78 Å². The molecule has 0 radical (unpaired) electrons. The van der Waals surface area contributed by atoms with Gasteiger partial charge in [0.15, 0.2) is 0 Å². The first-order valence-electron chi connectivity index (χ1n) is 7.12. The van der Waals surface area contributed by atoms with Crippen molar-refractivity contribution in [2.45, 2.75) is 6.92 Å². The van der Waals surface area contributed by atoms with E-state index in [-0.39, 0.29) is 23.1 Å². The summed E-state index contributed by atoms with van der Waals surface area (Å²) in [7, 11) is 0. The summed E-state index contributed by atoms with van der Waals surface area (Å²) in [5.41, 5.74) is 1.82. The van der Waals surface area contributed by atoms with Crippen LogP contribution in [0.4, 0.5) is 20.2 Å². The van der Waals surface area contributed by atoms with Crippen LogP contribution in [0.25, 0.3) is 0 Å². The Bertz CT molecular complexity index is 716. The Labute approximate surface area is 142 Å². The van der Waals surface area contributed by atoms with Crippen LogP contribution in [-0.4, -0.2) is 23.3 Å². The fourth-order valence-electron chi connectivity index (χ4n) is 1.89. The molecule has 0 atom stereocenters. The largest absolute Gasteiger partial charge is 0.325 e. The van der Waals surface area contributed by atoms with Gasteiger partial charge >= 0.3 is 0 Å². The van der Waals surface area contributed by atoms with Crippen molar-refractivity contribution in [2.75, 3.05) is 22.1 Å². The van der Waals surface area contributed by atoms with Crippen LogP contribution in [0.15, 0.2) is 42.5 Å². The average Bonchev–Trinajstić information content (AvgIpc) is 2.48. The third-order valence-electron chi connectivity index (χ3n) is 2.95. The van der Waals surface area contributed by atoms with E-state index < -0.39 is 17.5 Å². The SMILES string of the molecule is Cc1ccc(NC(=O)CSCC(=O)Nc2cc(F)cc(F)c2)cc1. The number of rotatable bonds is 6. The minimum atomic E-state index is -0.768. The number of nitrogens with one attached hydrogen (secondary N) is 2. The maximum atomic E-state index is 13.0. The summed E-state index contributed by atoms with van der Waals surface area (Å²) in [6.07, 6.45) is 0. The molecule has 0 heterocycles. The van der Waals surface area contributed by atoms with Crippen molar-refractivity contribution in [1.82, 2.24) is 0 Å². The molecule has 0 unspecified atom stereocenters. The zero-order valence-corrected chi connectivity index (χ0v) is 13.8. The number of benzene rings is 2. The molecular weight excluding hydrogens is 334 g/mol. The van der Waals surface area contributed by atoms with E-state index in [1.54, 1.807) is 12.1 Å². The molecule has 2 N–H and O–H groups in total. The van der Waals surface area contributed by atoms with Gasteiger partial charge in [0.05, 0.1) is 11.5 Å². The number of hydrogen-bond acceptors (Lipinski definition) is 3. The summed E-state index contributed by atoms with van der Waals surface area (Å²) in [6, 6.07) is 10.1. The lowest BCUT2D eigenvalue weighted by molar-refractivity contribution is -0.114. The number of anilines is 2. The molecule has 0 bridgehead atoms. The molecule has 24 heavy (non-hydrogen) atoms. The van der Waals surface area contributed by atoms with Crippen LogP contribution in [0.1, 0.15) is 5.56 Å². The van der Waals surface area contributed by atoms with Crippen LogP contribution in [0.5, 0.6) is 0 Å². The van der Waals surface area contributed by atoms with Crippen molar-refractivity contribution < 1.29 is 18.4 Å². The first-order valence-corrected chi connectivity index (χ1v) is 8.28. The third kappa shape index (κ3) is 6.00. The minimum absolute atomic E-state index is 0.000545. The molecule has 0 aromatic heterocycles. The van der Waals surface area contributed by atoms with Gasteiger partial charge in [0.1, 0.15) is 11.6 Å². The van der Waals surface area contributed by atoms with Gasteiger partial charge in [0, 0.05) is 17.4 Å². The molecule has 0 saturated carbocycles. The van der Waals surface area contributed by atoms with E-state index in [0.29, 0.717) is 5.69 Å². The molecule has 0 aliphatic heterocycles. The van der Waals surface area contributed by atoms with Crippen molar-refractivity contribution in [3.8, 4) is 0 Å². The highest BCUT2D eigenvalue weighted by atomic mass is 32.2. The second-order valence-corrected chi connectivity index (χ2v) is 6.10. The number of halogens is 2. The summed E-state index contributed by atoms with van der Waals surface area (Å²) < 4.78 is 26.0. The minimum Gasteiger partial charge on any atom is -0.325 e. The first kappa shape index (κ1) is 17.9.